The quantitative estimate of drug-likeness (QED) is 0.473. The molecule has 4 rings (SSSR count). The molecular weight excluding hydrogens is 516 g/mol. The molecule has 9 nitrogen and oxygen atoms in total. The topological polar surface area (TPSA) is 109 Å². The van der Waals surface area contributed by atoms with Crippen LogP contribution in [-0.2, 0) is 19.4 Å². The second kappa shape index (κ2) is 10.8. The minimum atomic E-state index is -3.16. The number of hydrogen-bond donors (Lipinski definition) is 0. The third kappa shape index (κ3) is 5.95. The van der Waals surface area contributed by atoms with Crippen molar-refractivity contribution in [1.82, 2.24) is 4.90 Å². The third-order valence-electron chi connectivity index (χ3n) is 5.61. The number of ether oxygens (including phenoxy) is 1. The maximum atomic E-state index is 13.2. The van der Waals surface area contributed by atoms with Gasteiger partial charge in [0.05, 0.1) is 29.2 Å². The lowest BCUT2D eigenvalue weighted by Crippen LogP contribution is -2.42. The van der Waals surface area contributed by atoms with Crippen LogP contribution in [0.4, 0.5) is 14.5 Å². The van der Waals surface area contributed by atoms with Crippen molar-refractivity contribution < 1.29 is 35.9 Å². The van der Waals surface area contributed by atoms with E-state index in [1.165, 1.54) is 46.4 Å². The SMILES string of the molecule is CCN(C(=O)CSC1=N/C(=C\c2ccco2)C(=O)N1c1ccc(OC(F)F)cc1)[C@@H]1CCS(=O)(=O)C1. The summed E-state index contributed by atoms with van der Waals surface area (Å²) in [4.78, 5) is 33.4. The zero-order chi connectivity index (χ0) is 25.9. The van der Waals surface area contributed by atoms with Crippen molar-refractivity contribution in [3.05, 3.63) is 54.1 Å². The first-order chi connectivity index (χ1) is 17.2. The predicted octanol–water partition coefficient (Wildman–Crippen LogP) is 3.39. The Hall–Kier alpha value is -3.19. The van der Waals surface area contributed by atoms with Crippen molar-refractivity contribution in [2.24, 2.45) is 4.99 Å². The molecule has 36 heavy (non-hydrogen) atoms. The molecule has 192 valence electrons. The largest absolute Gasteiger partial charge is 0.465 e. The van der Waals surface area contributed by atoms with Crippen LogP contribution in [0.15, 0.2) is 57.8 Å². The number of thioether (sulfide) groups is 1. The van der Waals surface area contributed by atoms with Crippen molar-refractivity contribution in [3.8, 4) is 5.75 Å². The van der Waals surface area contributed by atoms with Crippen LogP contribution in [0.1, 0.15) is 19.1 Å². The molecule has 1 atom stereocenters. The van der Waals surface area contributed by atoms with Crippen molar-refractivity contribution in [1.29, 1.82) is 0 Å². The number of carbonyl (C=O) groups is 2. The Morgan fingerprint density at radius 3 is 2.67 bits per heavy atom. The summed E-state index contributed by atoms with van der Waals surface area (Å²) in [6, 6.07) is 8.40. The van der Waals surface area contributed by atoms with Crippen molar-refractivity contribution in [3.63, 3.8) is 0 Å². The highest BCUT2D eigenvalue weighted by Crippen LogP contribution is 2.31. The number of benzene rings is 1. The van der Waals surface area contributed by atoms with Gasteiger partial charge in [-0.1, -0.05) is 11.8 Å². The fourth-order valence-electron chi connectivity index (χ4n) is 3.97. The maximum Gasteiger partial charge on any atom is 0.387 e. The van der Waals surface area contributed by atoms with Gasteiger partial charge in [-0.05, 0) is 49.7 Å². The summed E-state index contributed by atoms with van der Waals surface area (Å²) in [6.45, 7) is -0.852. The molecule has 0 unspecified atom stereocenters. The summed E-state index contributed by atoms with van der Waals surface area (Å²) >= 11 is 1.02. The Balaban J connectivity index is 1.55. The van der Waals surface area contributed by atoms with Gasteiger partial charge in [-0.25, -0.2) is 13.4 Å². The number of halogens is 2. The zero-order valence-electron chi connectivity index (χ0n) is 19.2. The van der Waals surface area contributed by atoms with E-state index in [-0.39, 0.29) is 45.8 Å². The van der Waals surface area contributed by atoms with Gasteiger partial charge in [0, 0.05) is 18.7 Å². The van der Waals surface area contributed by atoms with E-state index in [1.54, 1.807) is 19.1 Å². The van der Waals surface area contributed by atoms with E-state index in [2.05, 4.69) is 9.73 Å². The summed E-state index contributed by atoms with van der Waals surface area (Å²) < 4.78 is 58.4. The second-order valence-corrected chi connectivity index (χ2v) is 11.1. The number of rotatable bonds is 8. The minimum Gasteiger partial charge on any atom is -0.465 e. The van der Waals surface area contributed by atoms with Crippen LogP contribution in [0, 0.1) is 0 Å². The van der Waals surface area contributed by atoms with Gasteiger partial charge in [-0.15, -0.1) is 0 Å². The number of amidine groups is 1. The first kappa shape index (κ1) is 25.9. The lowest BCUT2D eigenvalue weighted by atomic mass is 10.2. The smallest absolute Gasteiger partial charge is 0.387 e. The highest BCUT2D eigenvalue weighted by molar-refractivity contribution is 8.14. The van der Waals surface area contributed by atoms with E-state index in [9.17, 15) is 26.8 Å². The maximum absolute atomic E-state index is 13.2. The molecule has 1 aromatic carbocycles. The number of amides is 2. The van der Waals surface area contributed by atoms with Crippen molar-refractivity contribution >= 4 is 50.3 Å². The summed E-state index contributed by atoms with van der Waals surface area (Å²) in [5, 5.41) is 0.212. The zero-order valence-corrected chi connectivity index (χ0v) is 20.8. The van der Waals surface area contributed by atoms with E-state index >= 15 is 0 Å². The average Bonchev–Trinajstić information content (AvgIpc) is 3.54. The average molecular weight is 540 g/mol. The highest BCUT2D eigenvalue weighted by Gasteiger charge is 2.36. The van der Waals surface area contributed by atoms with Crippen LogP contribution in [0.3, 0.4) is 0 Å². The van der Waals surface area contributed by atoms with Gasteiger partial charge in [0.1, 0.15) is 17.2 Å². The normalized spacial score (nSPS) is 20.3. The number of sulfone groups is 1. The monoisotopic (exact) mass is 539 g/mol. The standard InChI is InChI=1S/C23H23F2N3O6S2/c1-2-27(16-9-11-36(31,32)14-16)20(29)13-35-23-26-19(12-18-4-3-10-33-18)21(30)28(23)15-5-7-17(8-6-15)34-22(24)25/h3-8,10,12,16,22H,2,9,11,13-14H2,1H3/b19-12-/t16-/m1/s1. The molecule has 2 aliphatic heterocycles. The molecule has 1 fully saturated rings. The van der Waals surface area contributed by atoms with Gasteiger partial charge in [-0.2, -0.15) is 8.78 Å². The number of aliphatic imine (C=N–C) groups is 1. The molecule has 3 heterocycles. The van der Waals surface area contributed by atoms with Crippen LogP contribution < -0.4 is 9.64 Å². The molecule has 2 aliphatic rings. The van der Waals surface area contributed by atoms with Gasteiger partial charge < -0.3 is 14.1 Å². The Labute approximate surface area is 210 Å². The minimum absolute atomic E-state index is 0.0514. The fourth-order valence-corrected chi connectivity index (χ4v) is 6.60. The van der Waals surface area contributed by atoms with Crippen LogP contribution in [0.25, 0.3) is 6.08 Å². The Morgan fingerprint density at radius 1 is 1.33 bits per heavy atom. The lowest BCUT2D eigenvalue weighted by Gasteiger charge is -2.27. The number of hydrogen-bond acceptors (Lipinski definition) is 8. The van der Waals surface area contributed by atoms with E-state index in [1.807, 2.05) is 0 Å². The van der Waals surface area contributed by atoms with Crippen molar-refractivity contribution in [2.45, 2.75) is 26.0 Å². The van der Waals surface area contributed by atoms with Crippen LogP contribution >= 0.6 is 11.8 Å². The molecule has 2 aromatic rings. The number of carbonyl (C=O) groups excluding carboxylic acids is 2. The Morgan fingerprint density at radius 2 is 2.08 bits per heavy atom. The summed E-state index contributed by atoms with van der Waals surface area (Å²) in [6.07, 6.45) is 3.30. The lowest BCUT2D eigenvalue weighted by molar-refractivity contribution is -0.129. The first-order valence-electron chi connectivity index (χ1n) is 11.0. The molecule has 2 amide bonds. The number of alkyl halides is 2. The number of nitrogens with zero attached hydrogens (tertiary/aromatic N) is 3. The van der Waals surface area contributed by atoms with E-state index in [0.29, 0.717) is 24.4 Å². The van der Waals surface area contributed by atoms with Crippen LogP contribution in [0.5, 0.6) is 5.75 Å². The highest BCUT2D eigenvalue weighted by atomic mass is 32.2. The molecule has 0 N–H and O–H groups in total. The predicted molar refractivity (Wildman–Crippen MR) is 132 cm³/mol. The molecule has 0 spiro atoms. The molecule has 0 radical (unpaired) electrons. The number of anilines is 1. The summed E-state index contributed by atoms with van der Waals surface area (Å²) in [7, 11) is -3.16. The van der Waals surface area contributed by atoms with Crippen LogP contribution in [-0.4, -0.2) is 66.8 Å². The molecule has 13 heteroatoms. The Bertz CT molecular complexity index is 1280. The number of furan rings is 1. The molecule has 1 saturated heterocycles. The van der Waals surface area contributed by atoms with Gasteiger partial charge in [0.2, 0.25) is 5.91 Å². The van der Waals surface area contributed by atoms with Gasteiger partial charge >= 0.3 is 6.61 Å². The Kier molecular flexibility index (Phi) is 7.79. The fraction of sp³-hybridized carbons (Fsp3) is 0.348. The first-order valence-corrected chi connectivity index (χ1v) is 13.8. The van der Waals surface area contributed by atoms with E-state index < -0.39 is 22.4 Å². The molecular formula is C23H23F2N3O6S2. The van der Waals surface area contributed by atoms with Gasteiger partial charge in [0.25, 0.3) is 5.91 Å². The second-order valence-electron chi connectivity index (χ2n) is 7.98. The third-order valence-corrected chi connectivity index (χ3v) is 8.28. The van der Waals surface area contributed by atoms with Crippen molar-refractivity contribution in [2.75, 3.05) is 28.7 Å². The van der Waals surface area contributed by atoms with E-state index in [0.717, 1.165) is 11.8 Å². The molecule has 0 saturated carbocycles. The molecule has 0 bridgehead atoms. The molecule has 0 aliphatic carbocycles. The van der Waals surface area contributed by atoms with E-state index in [4.69, 9.17) is 4.42 Å². The van der Waals surface area contributed by atoms with Gasteiger partial charge in [0.15, 0.2) is 15.0 Å². The van der Waals surface area contributed by atoms with Gasteiger partial charge in [-0.3, -0.25) is 14.5 Å². The summed E-state index contributed by atoms with van der Waals surface area (Å²) in [5.41, 5.74) is 0.416. The molecule has 1 aromatic heterocycles. The summed E-state index contributed by atoms with van der Waals surface area (Å²) in [5.74, 6) is -0.514. The van der Waals surface area contributed by atoms with Crippen LogP contribution in [0.2, 0.25) is 0 Å².